The van der Waals surface area contributed by atoms with Crippen LogP contribution in [0.4, 0.5) is 0 Å². The zero-order valence-corrected chi connectivity index (χ0v) is 18.1. The van der Waals surface area contributed by atoms with E-state index in [4.69, 9.17) is 27.9 Å². The molecule has 0 radical (unpaired) electrons. The number of nitrogens with zero attached hydrogens (tertiary/aromatic N) is 2. The summed E-state index contributed by atoms with van der Waals surface area (Å²) in [4.78, 5) is 16.3. The molecule has 1 fully saturated rings. The molecule has 1 aliphatic rings. The van der Waals surface area contributed by atoms with E-state index in [-0.39, 0.29) is 39.9 Å². The molecule has 0 spiro atoms. The highest BCUT2D eigenvalue weighted by molar-refractivity contribution is 7.89. The monoisotopic (exact) mass is 456 g/mol. The van der Waals surface area contributed by atoms with Crippen molar-refractivity contribution in [2.45, 2.75) is 30.6 Å². The molecule has 0 atom stereocenters. The number of piperidine rings is 1. The second kappa shape index (κ2) is 9.89. The third kappa shape index (κ3) is 5.48. The maximum absolute atomic E-state index is 12.9. The molecule has 156 valence electrons. The Kier molecular flexibility index (Phi) is 7.51. The molecule has 2 aromatic rings. The van der Waals surface area contributed by atoms with E-state index in [0.717, 1.165) is 18.4 Å². The van der Waals surface area contributed by atoms with E-state index >= 15 is 0 Å². The van der Waals surface area contributed by atoms with Crippen molar-refractivity contribution in [1.29, 1.82) is 0 Å². The molecule has 3 rings (SSSR count). The van der Waals surface area contributed by atoms with Gasteiger partial charge in [0.2, 0.25) is 10.0 Å². The lowest BCUT2D eigenvalue weighted by Crippen LogP contribution is -2.40. The molecule has 0 unspecified atom stereocenters. The quantitative estimate of drug-likeness (QED) is 0.465. The highest BCUT2D eigenvalue weighted by Crippen LogP contribution is 2.33. The van der Waals surface area contributed by atoms with E-state index in [9.17, 15) is 13.2 Å². The molecule has 6 nitrogen and oxygen atoms in total. The fourth-order valence-electron chi connectivity index (χ4n) is 3.30. The Balaban J connectivity index is 1.49. The summed E-state index contributed by atoms with van der Waals surface area (Å²) in [5.41, 5.74) is 1.10. The summed E-state index contributed by atoms with van der Waals surface area (Å²) in [7, 11) is -3.81. The molecular weight excluding hydrogens is 435 g/mol. The van der Waals surface area contributed by atoms with Gasteiger partial charge in [-0.2, -0.15) is 4.31 Å². The number of carbonyl (C=O) groups is 1. The first-order valence-electron chi connectivity index (χ1n) is 9.39. The minimum atomic E-state index is -3.81. The molecule has 0 N–H and O–H groups in total. The second-order valence-corrected chi connectivity index (χ2v) is 9.55. The van der Waals surface area contributed by atoms with Gasteiger partial charge in [0.1, 0.15) is 4.90 Å². The van der Waals surface area contributed by atoms with Crippen molar-refractivity contribution in [2.24, 2.45) is 5.92 Å². The van der Waals surface area contributed by atoms with Crippen molar-refractivity contribution in [3.63, 3.8) is 0 Å². The molecule has 9 heteroatoms. The SMILES string of the molecule is O=C(OCCCc1cccnc1)C1CCN(S(=O)(=O)c2c(Cl)cccc2Cl)CC1. The van der Waals surface area contributed by atoms with E-state index in [1.807, 2.05) is 12.1 Å². The van der Waals surface area contributed by atoms with Gasteiger partial charge in [-0.3, -0.25) is 9.78 Å². The minimum absolute atomic E-state index is 0.0836. The van der Waals surface area contributed by atoms with Gasteiger partial charge in [-0.15, -0.1) is 0 Å². The second-order valence-electron chi connectivity index (χ2n) is 6.86. The summed E-state index contributed by atoms with van der Waals surface area (Å²) < 4.78 is 32.5. The Morgan fingerprint density at radius 2 is 1.83 bits per heavy atom. The first kappa shape index (κ1) is 22.0. The summed E-state index contributed by atoms with van der Waals surface area (Å²) in [6.07, 6.45) is 5.83. The Hall–Kier alpha value is -1.67. The average molecular weight is 457 g/mol. The van der Waals surface area contributed by atoms with Crippen LogP contribution in [0.2, 0.25) is 10.0 Å². The van der Waals surface area contributed by atoms with Gasteiger partial charge in [0, 0.05) is 25.5 Å². The van der Waals surface area contributed by atoms with Gasteiger partial charge in [-0.1, -0.05) is 35.3 Å². The summed E-state index contributed by atoms with van der Waals surface area (Å²) in [5, 5.41) is 0.181. The number of benzene rings is 1. The Labute approximate surface area is 180 Å². The van der Waals surface area contributed by atoms with Crippen LogP contribution in [-0.2, 0) is 26.0 Å². The number of carbonyl (C=O) groups excluding carboxylic acids is 1. The standard InChI is InChI=1S/C20H22Cl2N2O4S/c21-17-6-1-7-18(22)19(17)29(26,27)24-11-8-16(9-12-24)20(25)28-13-3-5-15-4-2-10-23-14-15/h1-2,4,6-7,10,14,16H,3,5,8-9,11-13H2. The third-order valence-corrected chi connectivity index (χ3v) is 7.74. The molecule has 1 aliphatic heterocycles. The maximum Gasteiger partial charge on any atom is 0.309 e. The highest BCUT2D eigenvalue weighted by Gasteiger charge is 2.34. The summed E-state index contributed by atoms with van der Waals surface area (Å²) >= 11 is 12.1. The number of ether oxygens (including phenoxy) is 1. The molecule has 0 bridgehead atoms. The lowest BCUT2D eigenvalue weighted by atomic mass is 9.98. The van der Waals surface area contributed by atoms with Crippen LogP contribution in [0.3, 0.4) is 0 Å². The van der Waals surface area contributed by atoms with Crippen molar-refractivity contribution in [3.8, 4) is 0 Å². The molecule has 0 amide bonds. The molecule has 0 aliphatic carbocycles. The van der Waals surface area contributed by atoms with Crippen molar-refractivity contribution >= 4 is 39.2 Å². The Morgan fingerprint density at radius 1 is 1.14 bits per heavy atom. The third-order valence-electron chi connectivity index (χ3n) is 4.88. The van der Waals surface area contributed by atoms with Crippen LogP contribution in [0, 0.1) is 5.92 Å². The lowest BCUT2D eigenvalue weighted by Gasteiger charge is -2.30. The molecular formula is C20H22Cl2N2O4S. The van der Waals surface area contributed by atoms with Crippen LogP contribution in [0.1, 0.15) is 24.8 Å². The predicted octanol–water partition coefficient (Wildman–Crippen LogP) is 3.97. The molecule has 2 heterocycles. The number of hydrogen-bond acceptors (Lipinski definition) is 5. The van der Waals surface area contributed by atoms with E-state index in [0.29, 0.717) is 19.4 Å². The van der Waals surface area contributed by atoms with Crippen molar-refractivity contribution in [1.82, 2.24) is 9.29 Å². The van der Waals surface area contributed by atoms with Crippen LogP contribution >= 0.6 is 23.2 Å². The zero-order chi connectivity index (χ0) is 20.9. The maximum atomic E-state index is 12.9. The molecule has 1 aromatic heterocycles. The van der Waals surface area contributed by atoms with Crippen LogP contribution in [0.25, 0.3) is 0 Å². The Bertz CT molecular complexity index is 926. The van der Waals surface area contributed by atoms with E-state index < -0.39 is 10.0 Å². The molecule has 0 saturated carbocycles. The highest BCUT2D eigenvalue weighted by atomic mass is 35.5. The molecule has 1 aromatic carbocycles. The summed E-state index contributed by atoms with van der Waals surface area (Å²) in [6, 6.07) is 8.45. The van der Waals surface area contributed by atoms with Crippen molar-refractivity contribution in [2.75, 3.05) is 19.7 Å². The van der Waals surface area contributed by atoms with Gasteiger partial charge < -0.3 is 4.74 Å². The fourth-order valence-corrected chi connectivity index (χ4v) is 5.86. The summed E-state index contributed by atoms with van der Waals surface area (Å²) in [5.74, 6) is -0.578. The van der Waals surface area contributed by atoms with Gasteiger partial charge >= 0.3 is 5.97 Å². The van der Waals surface area contributed by atoms with Crippen LogP contribution in [0.15, 0.2) is 47.6 Å². The zero-order valence-electron chi connectivity index (χ0n) is 15.8. The van der Waals surface area contributed by atoms with Gasteiger partial charge in [-0.25, -0.2) is 8.42 Å². The smallest absolute Gasteiger partial charge is 0.309 e. The number of esters is 1. The molecule has 1 saturated heterocycles. The van der Waals surface area contributed by atoms with E-state index in [1.165, 1.54) is 16.4 Å². The van der Waals surface area contributed by atoms with Gasteiger partial charge in [-0.05, 0) is 49.4 Å². The number of rotatable bonds is 7. The largest absolute Gasteiger partial charge is 0.465 e. The lowest BCUT2D eigenvalue weighted by molar-refractivity contribution is -0.149. The molecule has 29 heavy (non-hydrogen) atoms. The van der Waals surface area contributed by atoms with Crippen molar-refractivity contribution < 1.29 is 17.9 Å². The number of halogens is 2. The predicted molar refractivity (Wildman–Crippen MR) is 111 cm³/mol. The van der Waals surface area contributed by atoms with Gasteiger partial charge in [0.25, 0.3) is 0 Å². The Morgan fingerprint density at radius 3 is 2.45 bits per heavy atom. The minimum Gasteiger partial charge on any atom is -0.465 e. The van der Waals surface area contributed by atoms with Crippen LogP contribution < -0.4 is 0 Å². The van der Waals surface area contributed by atoms with Crippen molar-refractivity contribution in [3.05, 3.63) is 58.3 Å². The number of pyridine rings is 1. The van der Waals surface area contributed by atoms with Crippen LogP contribution in [-0.4, -0.2) is 43.4 Å². The first-order chi connectivity index (χ1) is 13.9. The first-order valence-corrected chi connectivity index (χ1v) is 11.6. The topological polar surface area (TPSA) is 76.6 Å². The van der Waals surface area contributed by atoms with Gasteiger partial charge in [0.05, 0.1) is 22.6 Å². The number of sulfonamides is 1. The number of hydrogen-bond donors (Lipinski definition) is 0. The van der Waals surface area contributed by atoms with E-state index in [1.54, 1.807) is 18.5 Å². The normalized spacial score (nSPS) is 15.9. The summed E-state index contributed by atoms with van der Waals surface area (Å²) in [6.45, 7) is 0.778. The van der Waals surface area contributed by atoms with E-state index in [2.05, 4.69) is 4.98 Å². The fraction of sp³-hybridized carbons (Fsp3) is 0.400. The van der Waals surface area contributed by atoms with Crippen LogP contribution in [0.5, 0.6) is 0 Å². The average Bonchev–Trinajstić information content (AvgIpc) is 2.71. The number of aromatic nitrogens is 1. The number of aryl methyl sites for hydroxylation is 1. The van der Waals surface area contributed by atoms with Gasteiger partial charge in [0.15, 0.2) is 0 Å².